The van der Waals surface area contributed by atoms with Crippen molar-refractivity contribution < 1.29 is 17.9 Å². The number of aryl methyl sites for hydroxylation is 1. The molecule has 0 aromatic carbocycles. The molecule has 0 N–H and O–H groups in total. The first-order valence-corrected chi connectivity index (χ1v) is 7.25. The topological polar surface area (TPSA) is 101 Å². The Morgan fingerprint density at radius 2 is 1.92 bits per heavy atom. The molecule has 0 radical (unpaired) electrons. The Balaban J connectivity index is 1.78. The van der Waals surface area contributed by atoms with Crippen LogP contribution in [0.3, 0.4) is 0 Å². The first-order valence-electron chi connectivity index (χ1n) is 7.25. The molecule has 9 nitrogen and oxygen atoms in total. The molecular formula is C14H12F3N7O2. The smallest absolute Gasteiger partial charge is 0.422 e. The quantitative estimate of drug-likeness (QED) is 0.658. The number of hydrogen-bond donors (Lipinski definition) is 0. The lowest BCUT2D eigenvalue weighted by atomic mass is 10.2. The van der Waals surface area contributed by atoms with Crippen molar-refractivity contribution in [3.05, 3.63) is 46.8 Å². The van der Waals surface area contributed by atoms with E-state index in [1.807, 2.05) is 0 Å². The minimum Gasteiger partial charge on any atom is -0.454 e. The number of aromatic nitrogens is 7. The van der Waals surface area contributed by atoms with E-state index >= 15 is 0 Å². The van der Waals surface area contributed by atoms with Crippen LogP contribution in [-0.2, 0) is 13.6 Å². The van der Waals surface area contributed by atoms with Crippen LogP contribution in [0.15, 0.2) is 35.5 Å². The summed E-state index contributed by atoms with van der Waals surface area (Å²) >= 11 is 0. The fraction of sp³-hybridized carbons (Fsp3) is 0.286. The van der Waals surface area contributed by atoms with Crippen LogP contribution >= 0.6 is 0 Å². The number of nitrogens with zero attached hydrogens (tertiary/aromatic N) is 7. The van der Waals surface area contributed by atoms with Crippen molar-refractivity contribution in [2.24, 2.45) is 7.05 Å². The maximum Gasteiger partial charge on any atom is 0.422 e. The van der Waals surface area contributed by atoms with Gasteiger partial charge in [0.2, 0.25) is 0 Å². The molecule has 3 aromatic rings. The predicted octanol–water partition coefficient (Wildman–Crippen LogP) is 0.818. The molecule has 0 amide bonds. The van der Waals surface area contributed by atoms with Crippen LogP contribution in [0.1, 0.15) is 5.69 Å². The van der Waals surface area contributed by atoms with E-state index in [4.69, 9.17) is 0 Å². The van der Waals surface area contributed by atoms with Crippen LogP contribution in [0, 0.1) is 0 Å². The third kappa shape index (κ3) is 4.40. The van der Waals surface area contributed by atoms with E-state index < -0.39 is 18.8 Å². The van der Waals surface area contributed by atoms with E-state index in [1.165, 1.54) is 33.9 Å². The molecular weight excluding hydrogens is 355 g/mol. The summed E-state index contributed by atoms with van der Waals surface area (Å²) < 4.78 is 43.5. The Hall–Kier alpha value is -3.31. The zero-order chi connectivity index (χ0) is 18.7. The highest BCUT2D eigenvalue weighted by Crippen LogP contribution is 2.18. The molecule has 12 heteroatoms. The lowest BCUT2D eigenvalue weighted by Crippen LogP contribution is -2.23. The van der Waals surface area contributed by atoms with Gasteiger partial charge in [-0.05, 0) is 6.07 Å². The largest absolute Gasteiger partial charge is 0.454 e. The highest BCUT2D eigenvalue weighted by molar-refractivity contribution is 5.55. The summed E-state index contributed by atoms with van der Waals surface area (Å²) in [5.74, 6) is 0. The SMILES string of the molecule is Cn1cc(Cn2nc(-c3cnc(OCC(F)(F)F)nc3)ccc2=O)nn1. The van der Waals surface area contributed by atoms with E-state index in [9.17, 15) is 18.0 Å². The van der Waals surface area contributed by atoms with Gasteiger partial charge in [0.1, 0.15) is 5.69 Å². The molecule has 0 aliphatic carbocycles. The zero-order valence-corrected chi connectivity index (χ0v) is 13.4. The molecule has 3 heterocycles. The van der Waals surface area contributed by atoms with Gasteiger partial charge in [-0.3, -0.25) is 9.48 Å². The number of halogens is 3. The van der Waals surface area contributed by atoms with Gasteiger partial charge in [-0.1, -0.05) is 5.21 Å². The summed E-state index contributed by atoms with van der Waals surface area (Å²) in [6, 6.07) is 2.37. The van der Waals surface area contributed by atoms with Crippen LogP contribution in [-0.4, -0.2) is 47.5 Å². The molecule has 0 saturated heterocycles. The standard InChI is InChI=1S/C14H12F3N7O2/c1-23-6-10(20-22-23)7-24-12(25)3-2-11(21-24)9-4-18-13(19-5-9)26-8-14(15,16)17/h2-6H,7-8H2,1H3. The van der Waals surface area contributed by atoms with Crippen LogP contribution in [0.5, 0.6) is 6.01 Å². The molecule has 26 heavy (non-hydrogen) atoms. The zero-order valence-electron chi connectivity index (χ0n) is 13.4. The van der Waals surface area contributed by atoms with Gasteiger partial charge in [-0.15, -0.1) is 5.10 Å². The van der Waals surface area contributed by atoms with Gasteiger partial charge in [0, 0.05) is 31.1 Å². The van der Waals surface area contributed by atoms with Gasteiger partial charge >= 0.3 is 12.2 Å². The molecule has 3 aromatic heterocycles. The second-order valence-corrected chi connectivity index (χ2v) is 5.26. The molecule has 136 valence electrons. The Bertz CT molecular complexity index is 950. The van der Waals surface area contributed by atoms with E-state index in [1.54, 1.807) is 13.2 Å². The minimum atomic E-state index is -4.47. The van der Waals surface area contributed by atoms with Gasteiger partial charge in [-0.2, -0.15) is 18.3 Å². The average molecular weight is 367 g/mol. The van der Waals surface area contributed by atoms with E-state index in [0.717, 1.165) is 0 Å². The van der Waals surface area contributed by atoms with Crippen molar-refractivity contribution in [2.75, 3.05) is 6.61 Å². The lowest BCUT2D eigenvalue weighted by molar-refractivity contribution is -0.154. The van der Waals surface area contributed by atoms with Crippen molar-refractivity contribution in [3.63, 3.8) is 0 Å². The number of alkyl halides is 3. The molecule has 0 atom stereocenters. The lowest BCUT2D eigenvalue weighted by Gasteiger charge is -2.08. The molecule has 0 aliphatic heterocycles. The Labute approximate surface area is 144 Å². The number of ether oxygens (including phenoxy) is 1. The molecule has 0 unspecified atom stereocenters. The Morgan fingerprint density at radius 1 is 1.19 bits per heavy atom. The first kappa shape index (κ1) is 17.5. The third-order valence-corrected chi connectivity index (χ3v) is 3.12. The third-order valence-electron chi connectivity index (χ3n) is 3.12. The van der Waals surface area contributed by atoms with E-state index in [0.29, 0.717) is 17.0 Å². The van der Waals surface area contributed by atoms with Crippen LogP contribution in [0.2, 0.25) is 0 Å². The summed E-state index contributed by atoms with van der Waals surface area (Å²) in [4.78, 5) is 19.4. The minimum absolute atomic E-state index is 0.119. The fourth-order valence-electron chi connectivity index (χ4n) is 2.01. The normalized spacial score (nSPS) is 11.5. The average Bonchev–Trinajstić information content (AvgIpc) is 3.00. The first-order chi connectivity index (χ1) is 12.3. The second kappa shape index (κ2) is 6.90. The molecule has 0 bridgehead atoms. The van der Waals surface area contributed by atoms with Crippen molar-refractivity contribution in [1.29, 1.82) is 0 Å². The molecule has 0 saturated carbocycles. The van der Waals surface area contributed by atoms with Gasteiger partial charge in [0.15, 0.2) is 6.61 Å². The Morgan fingerprint density at radius 3 is 2.54 bits per heavy atom. The summed E-state index contributed by atoms with van der Waals surface area (Å²) in [6.07, 6.45) is -0.299. The summed E-state index contributed by atoms with van der Waals surface area (Å²) in [6.45, 7) is -1.36. The van der Waals surface area contributed by atoms with Gasteiger partial charge < -0.3 is 4.74 Å². The number of rotatable bonds is 5. The van der Waals surface area contributed by atoms with E-state index in [2.05, 4.69) is 30.1 Å². The molecule has 3 rings (SSSR count). The molecule has 0 fully saturated rings. The molecule has 0 aliphatic rings. The second-order valence-electron chi connectivity index (χ2n) is 5.26. The van der Waals surface area contributed by atoms with Crippen LogP contribution < -0.4 is 10.3 Å². The predicted molar refractivity (Wildman–Crippen MR) is 81.2 cm³/mol. The maximum absolute atomic E-state index is 12.1. The van der Waals surface area contributed by atoms with Crippen molar-refractivity contribution in [3.8, 4) is 17.3 Å². The van der Waals surface area contributed by atoms with Crippen molar-refractivity contribution in [2.45, 2.75) is 12.7 Å². The highest BCUT2D eigenvalue weighted by atomic mass is 19.4. The maximum atomic E-state index is 12.1. The number of hydrogen-bond acceptors (Lipinski definition) is 7. The Kier molecular flexibility index (Phi) is 4.65. The summed E-state index contributed by atoms with van der Waals surface area (Å²) in [7, 11) is 1.70. The fourth-order valence-corrected chi connectivity index (χ4v) is 2.01. The van der Waals surface area contributed by atoms with Gasteiger partial charge in [0.05, 0.1) is 18.4 Å². The monoisotopic (exact) mass is 367 g/mol. The summed E-state index contributed by atoms with van der Waals surface area (Å²) in [5.41, 5.74) is 0.991. The van der Waals surface area contributed by atoms with Gasteiger partial charge in [0.25, 0.3) is 5.56 Å². The summed E-state index contributed by atoms with van der Waals surface area (Å²) in [5, 5.41) is 11.9. The van der Waals surface area contributed by atoms with Crippen molar-refractivity contribution >= 4 is 0 Å². The highest BCUT2D eigenvalue weighted by Gasteiger charge is 2.28. The van der Waals surface area contributed by atoms with Crippen LogP contribution in [0.25, 0.3) is 11.3 Å². The van der Waals surface area contributed by atoms with E-state index in [-0.39, 0.29) is 12.1 Å². The van der Waals surface area contributed by atoms with Crippen molar-refractivity contribution in [1.82, 2.24) is 34.7 Å². The van der Waals surface area contributed by atoms with Gasteiger partial charge in [-0.25, -0.2) is 14.6 Å². The van der Waals surface area contributed by atoms with Crippen LogP contribution in [0.4, 0.5) is 13.2 Å². The molecule has 0 spiro atoms.